The van der Waals surface area contributed by atoms with Crippen LogP contribution >= 0.6 is 0 Å². The zero-order chi connectivity index (χ0) is 18.0. The number of nitrogens with zero attached hydrogens (tertiary/aromatic N) is 1. The Labute approximate surface area is 156 Å². The molecular weight excluding hydrogens is 330 g/mol. The third-order valence-electron chi connectivity index (χ3n) is 5.61. The minimum atomic E-state index is 0.942. The topological polar surface area (TPSA) is 18.1 Å². The molecule has 0 N–H and O–H groups in total. The highest BCUT2D eigenvalue weighted by molar-refractivity contribution is 6.17. The SMILES string of the molecule is Cn1c2cc(-c3ccccc3)ccc2c2cc3c(cc21)oc1ccccc13. The maximum atomic E-state index is 6.09. The average Bonchev–Trinajstić information content (AvgIpc) is 3.22. The summed E-state index contributed by atoms with van der Waals surface area (Å²) < 4.78 is 8.36. The molecule has 2 heteroatoms. The quantitative estimate of drug-likeness (QED) is 0.316. The maximum Gasteiger partial charge on any atom is 0.137 e. The van der Waals surface area contributed by atoms with Crippen molar-refractivity contribution in [1.82, 2.24) is 4.57 Å². The standard InChI is InChI=1S/C25H17NO/c1-26-22-13-17(16-7-3-2-4-8-16)11-12-18(22)20-14-21-19-9-5-6-10-24(19)27-25(21)15-23(20)26/h2-15H,1H3. The Hall–Kier alpha value is -3.52. The second kappa shape index (κ2) is 5.24. The smallest absolute Gasteiger partial charge is 0.137 e. The van der Waals surface area contributed by atoms with Crippen molar-refractivity contribution >= 4 is 43.7 Å². The molecule has 2 aromatic heterocycles. The van der Waals surface area contributed by atoms with Crippen LogP contribution in [0, 0.1) is 0 Å². The molecular formula is C25H17NO. The van der Waals surface area contributed by atoms with Crippen LogP contribution in [0.15, 0.2) is 89.3 Å². The van der Waals surface area contributed by atoms with E-state index in [-0.39, 0.29) is 0 Å². The van der Waals surface area contributed by atoms with E-state index in [1.165, 1.54) is 43.7 Å². The highest BCUT2D eigenvalue weighted by Crippen LogP contribution is 2.37. The normalized spacial score (nSPS) is 11.9. The maximum absolute atomic E-state index is 6.09. The molecule has 0 amide bonds. The fourth-order valence-corrected chi connectivity index (χ4v) is 4.23. The number of para-hydroxylation sites is 1. The number of aromatic nitrogens is 1. The van der Waals surface area contributed by atoms with Gasteiger partial charge in [-0.2, -0.15) is 0 Å². The zero-order valence-electron chi connectivity index (χ0n) is 14.9. The molecule has 6 rings (SSSR count). The Balaban J connectivity index is 1.70. The minimum Gasteiger partial charge on any atom is -0.456 e. The van der Waals surface area contributed by atoms with Gasteiger partial charge in [0.05, 0.1) is 5.52 Å². The monoisotopic (exact) mass is 347 g/mol. The van der Waals surface area contributed by atoms with Crippen molar-refractivity contribution in [1.29, 1.82) is 0 Å². The molecule has 0 fully saturated rings. The summed E-state index contributed by atoms with van der Waals surface area (Å²) in [5, 5.41) is 4.90. The van der Waals surface area contributed by atoms with Gasteiger partial charge in [-0.15, -0.1) is 0 Å². The van der Waals surface area contributed by atoms with Gasteiger partial charge in [0.2, 0.25) is 0 Å². The van der Waals surface area contributed by atoms with E-state index >= 15 is 0 Å². The predicted molar refractivity (Wildman–Crippen MR) is 113 cm³/mol. The van der Waals surface area contributed by atoms with Gasteiger partial charge in [0.25, 0.3) is 0 Å². The molecule has 128 valence electrons. The molecule has 0 aliphatic carbocycles. The van der Waals surface area contributed by atoms with Gasteiger partial charge >= 0.3 is 0 Å². The van der Waals surface area contributed by atoms with Crippen LogP contribution < -0.4 is 0 Å². The molecule has 6 aromatic rings. The number of benzene rings is 4. The number of furan rings is 1. The number of rotatable bonds is 1. The van der Waals surface area contributed by atoms with Gasteiger partial charge in [-0.05, 0) is 29.3 Å². The van der Waals surface area contributed by atoms with Crippen molar-refractivity contribution in [2.45, 2.75) is 0 Å². The largest absolute Gasteiger partial charge is 0.456 e. The van der Waals surface area contributed by atoms with Crippen molar-refractivity contribution in [3.05, 3.63) is 84.9 Å². The highest BCUT2D eigenvalue weighted by Gasteiger charge is 2.14. The fourth-order valence-electron chi connectivity index (χ4n) is 4.23. The van der Waals surface area contributed by atoms with Gasteiger partial charge in [-0.3, -0.25) is 0 Å². The number of fused-ring (bicyclic) bond motifs is 6. The number of hydrogen-bond donors (Lipinski definition) is 0. The Kier molecular flexibility index (Phi) is 2.84. The van der Waals surface area contributed by atoms with E-state index in [2.05, 4.69) is 84.4 Å². The first-order valence-corrected chi connectivity index (χ1v) is 9.18. The van der Waals surface area contributed by atoms with Crippen LogP contribution in [0.5, 0.6) is 0 Å². The first-order chi connectivity index (χ1) is 13.3. The predicted octanol–water partition coefficient (Wildman–Crippen LogP) is 6.90. The molecule has 27 heavy (non-hydrogen) atoms. The molecule has 4 aromatic carbocycles. The molecule has 2 heterocycles. The van der Waals surface area contributed by atoms with E-state index in [0.717, 1.165) is 11.2 Å². The van der Waals surface area contributed by atoms with Gasteiger partial charge < -0.3 is 8.98 Å². The summed E-state index contributed by atoms with van der Waals surface area (Å²) in [7, 11) is 2.13. The molecule has 0 unspecified atom stereocenters. The first-order valence-electron chi connectivity index (χ1n) is 9.18. The van der Waals surface area contributed by atoms with Gasteiger partial charge in [0, 0.05) is 40.2 Å². The van der Waals surface area contributed by atoms with Crippen molar-refractivity contribution in [2.24, 2.45) is 7.05 Å². The third-order valence-corrected chi connectivity index (χ3v) is 5.61. The van der Waals surface area contributed by atoms with Crippen LogP contribution in [0.25, 0.3) is 54.9 Å². The van der Waals surface area contributed by atoms with E-state index in [9.17, 15) is 0 Å². The second-order valence-corrected chi connectivity index (χ2v) is 7.12. The summed E-state index contributed by atoms with van der Waals surface area (Å²) in [5.41, 5.74) is 6.80. The summed E-state index contributed by atoms with van der Waals surface area (Å²) in [5.74, 6) is 0. The lowest BCUT2D eigenvalue weighted by Gasteiger charge is -2.03. The van der Waals surface area contributed by atoms with Gasteiger partial charge in [0.1, 0.15) is 11.2 Å². The van der Waals surface area contributed by atoms with E-state index in [1.807, 2.05) is 12.1 Å². The molecule has 0 spiro atoms. The number of aryl methyl sites for hydroxylation is 1. The van der Waals surface area contributed by atoms with Crippen LogP contribution in [-0.4, -0.2) is 4.57 Å². The summed E-state index contributed by atoms with van der Waals surface area (Å²) in [4.78, 5) is 0. The minimum absolute atomic E-state index is 0.942. The van der Waals surface area contributed by atoms with Crippen LogP contribution in [0.2, 0.25) is 0 Å². The lowest BCUT2D eigenvalue weighted by Crippen LogP contribution is -1.87. The van der Waals surface area contributed by atoms with Crippen molar-refractivity contribution in [3.8, 4) is 11.1 Å². The van der Waals surface area contributed by atoms with Gasteiger partial charge in [-0.1, -0.05) is 60.7 Å². The summed E-state index contributed by atoms with van der Waals surface area (Å²) >= 11 is 0. The van der Waals surface area contributed by atoms with E-state index < -0.39 is 0 Å². The van der Waals surface area contributed by atoms with Gasteiger partial charge in [0.15, 0.2) is 0 Å². The van der Waals surface area contributed by atoms with E-state index in [0.29, 0.717) is 0 Å². The molecule has 0 saturated carbocycles. The lowest BCUT2D eigenvalue weighted by molar-refractivity contribution is 0.669. The van der Waals surface area contributed by atoms with Crippen molar-refractivity contribution in [2.75, 3.05) is 0 Å². The Morgan fingerprint density at radius 3 is 2.22 bits per heavy atom. The zero-order valence-corrected chi connectivity index (χ0v) is 14.9. The molecule has 0 atom stereocenters. The molecule has 0 radical (unpaired) electrons. The van der Waals surface area contributed by atoms with Crippen molar-refractivity contribution in [3.63, 3.8) is 0 Å². The highest BCUT2D eigenvalue weighted by atomic mass is 16.3. The molecule has 0 bridgehead atoms. The first kappa shape index (κ1) is 14.6. The van der Waals surface area contributed by atoms with Crippen LogP contribution in [0.1, 0.15) is 0 Å². The fraction of sp³-hybridized carbons (Fsp3) is 0.0400. The second-order valence-electron chi connectivity index (χ2n) is 7.12. The van der Waals surface area contributed by atoms with Crippen molar-refractivity contribution < 1.29 is 4.42 Å². The van der Waals surface area contributed by atoms with Crippen LogP contribution in [0.3, 0.4) is 0 Å². The lowest BCUT2D eigenvalue weighted by atomic mass is 10.0. The van der Waals surface area contributed by atoms with Gasteiger partial charge in [-0.25, -0.2) is 0 Å². The summed E-state index contributed by atoms with van der Waals surface area (Å²) in [6.45, 7) is 0. The number of hydrogen-bond acceptors (Lipinski definition) is 1. The molecule has 0 aliphatic heterocycles. The average molecular weight is 347 g/mol. The third kappa shape index (κ3) is 2.01. The summed E-state index contributed by atoms with van der Waals surface area (Å²) in [6.07, 6.45) is 0. The van der Waals surface area contributed by atoms with Crippen LogP contribution in [-0.2, 0) is 7.05 Å². The van der Waals surface area contributed by atoms with E-state index in [1.54, 1.807) is 0 Å². The Morgan fingerprint density at radius 1 is 0.556 bits per heavy atom. The Morgan fingerprint density at radius 2 is 1.33 bits per heavy atom. The molecule has 0 saturated heterocycles. The molecule has 2 nitrogen and oxygen atoms in total. The van der Waals surface area contributed by atoms with Crippen LogP contribution in [0.4, 0.5) is 0 Å². The Bertz CT molecular complexity index is 1470. The van der Waals surface area contributed by atoms with E-state index in [4.69, 9.17) is 4.42 Å². The molecule has 0 aliphatic rings. The summed E-state index contributed by atoms with van der Waals surface area (Å²) in [6, 6.07) is 30.0.